The van der Waals surface area contributed by atoms with E-state index in [9.17, 15) is 0 Å². The smallest absolute Gasteiger partial charge is 0.200 e. The molecule has 1 nitrogen and oxygen atoms in total. The molecule has 182 valence electrons. The van der Waals surface area contributed by atoms with Crippen molar-refractivity contribution in [2.75, 3.05) is 0 Å². The Hall–Kier alpha value is -2.84. The molecule has 0 unspecified atom stereocenters. The standard InChI is InChI=1S/C34H36NS/c1-19(2)16-22-10-9-11-23-24-14-15-35(8)32-29-21(4)26-17-20(3)12-13-25(26)31(34(5,6)7)33(29)36-28(30(24)32)18-27(22)23/h9-15,17-19H,16H2,1-8H3/q+1. The molecular formula is C34H36NS+. The van der Waals surface area contributed by atoms with Crippen molar-refractivity contribution >= 4 is 44.1 Å². The first-order valence-corrected chi connectivity index (χ1v) is 14.0. The minimum absolute atomic E-state index is 0.0297. The number of pyridine rings is 1. The van der Waals surface area contributed by atoms with Gasteiger partial charge in [-0.3, -0.25) is 0 Å². The zero-order chi connectivity index (χ0) is 25.5. The molecule has 0 saturated carbocycles. The Morgan fingerprint density at radius 2 is 1.64 bits per heavy atom. The summed E-state index contributed by atoms with van der Waals surface area (Å²) in [5, 5.41) is 8.36. The monoisotopic (exact) mass is 490 g/mol. The van der Waals surface area contributed by atoms with E-state index in [4.69, 9.17) is 0 Å². The van der Waals surface area contributed by atoms with Crippen LogP contribution in [0.5, 0.6) is 0 Å². The summed E-state index contributed by atoms with van der Waals surface area (Å²) >= 11 is 2.00. The van der Waals surface area contributed by atoms with Crippen LogP contribution in [0.2, 0.25) is 0 Å². The molecule has 1 aromatic heterocycles. The highest BCUT2D eigenvalue weighted by molar-refractivity contribution is 8.00. The van der Waals surface area contributed by atoms with E-state index < -0.39 is 0 Å². The molecule has 0 atom stereocenters. The van der Waals surface area contributed by atoms with Gasteiger partial charge in [-0.25, -0.2) is 4.57 Å². The summed E-state index contributed by atoms with van der Waals surface area (Å²) in [4.78, 5) is 2.83. The van der Waals surface area contributed by atoms with Crippen molar-refractivity contribution in [3.8, 4) is 11.3 Å². The summed E-state index contributed by atoms with van der Waals surface area (Å²) in [7, 11) is 2.22. The minimum Gasteiger partial charge on any atom is -0.200 e. The van der Waals surface area contributed by atoms with Crippen LogP contribution in [0, 0.1) is 19.8 Å². The number of hydrogen-bond donors (Lipinski definition) is 0. The topological polar surface area (TPSA) is 3.88 Å². The van der Waals surface area contributed by atoms with E-state index in [1.165, 1.54) is 75.6 Å². The molecule has 0 radical (unpaired) electrons. The SMILES string of the molecule is Cc1ccc2c(C(C)(C)C)c3c(c(C)c2c1)-c1c2c(cc4c(CC(C)C)cccc4c2cc[n+]1C)S3. The fourth-order valence-electron chi connectivity index (χ4n) is 6.32. The second-order valence-corrected chi connectivity index (χ2v) is 13.2. The average molecular weight is 491 g/mol. The molecule has 0 spiro atoms. The van der Waals surface area contributed by atoms with Crippen LogP contribution in [0.1, 0.15) is 56.9 Å². The van der Waals surface area contributed by atoms with E-state index in [2.05, 4.69) is 115 Å². The first-order chi connectivity index (χ1) is 17.1. The fourth-order valence-corrected chi connectivity index (χ4v) is 7.90. The number of fused-ring (bicyclic) bond motifs is 5. The highest BCUT2D eigenvalue weighted by Gasteiger charge is 2.35. The lowest BCUT2D eigenvalue weighted by atomic mass is 9.79. The van der Waals surface area contributed by atoms with Crippen LogP contribution in [0.3, 0.4) is 0 Å². The van der Waals surface area contributed by atoms with Gasteiger partial charge >= 0.3 is 0 Å². The molecule has 0 fully saturated rings. The lowest BCUT2D eigenvalue weighted by Crippen LogP contribution is -2.32. The van der Waals surface area contributed by atoms with Crippen LogP contribution in [0.25, 0.3) is 43.6 Å². The molecule has 36 heavy (non-hydrogen) atoms. The summed E-state index contributed by atoms with van der Waals surface area (Å²) in [6.45, 7) is 16.3. The first-order valence-electron chi connectivity index (χ1n) is 13.2. The largest absolute Gasteiger partial charge is 0.222 e. The van der Waals surface area contributed by atoms with Gasteiger partial charge in [0.25, 0.3) is 0 Å². The molecule has 0 saturated heterocycles. The van der Waals surface area contributed by atoms with Crippen LogP contribution in [0.4, 0.5) is 0 Å². The maximum absolute atomic E-state index is 2.49. The van der Waals surface area contributed by atoms with E-state index >= 15 is 0 Å². The Labute approximate surface area is 219 Å². The normalized spacial score (nSPS) is 13.2. The lowest BCUT2D eigenvalue weighted by molar-refractivity contribution is -0.659. The molecule has 1 aliphatic heterocycles. The van der Waals surface area contributed by atoms with Gasteiger partial charge in [-0.1, -0.05) is 88.3 Å². The van der Waals surface area contributed by atoms with E-state index in [0.29, 0.717) is 5.92 Å². The maximum atomic E-state index is 2.49. The van der Waals surface area contributed by atoms with Crippen LogP contribution >= 0.6 is 11.8 Å². The van der Waals surface area contributed by atoms with Crippen molar-refractivity contribution in [3.05, 3.63) is 77.0 Å². The van der Waals surface area contributed by atoms with Gasteiger partial charge in [0.2, 0.25) is 5.69 Å². The van der Waals surface area contributed by atoms with Crippen molar-refractivity contribution in [3.63, 3.8) is 0 Å². The van der Waals surface area contributed by atoms with Gasteiger partial charge in [-0.15, -0.1) is 0 Å². The van der Waals surface area contributed by atoms with Crippen molar-refractivity contribution in [1.82, 2.24) is 0 Å². The summed E-state index contributed by atoms with van der Waals surface area (Å²) in [5.41, 5.74) is 8.46. The van der Waals surface area contributed by atoms with E-state index in [1.54, 1.807) is 0 Å². The predicted octanol–water partition coefficient (Wildman–Crippen LogP) is 9.22. The van der Waals surface area contributed by atoms with Crippen molar-refractivity contribution < 1.29 is 4.57 Å². The zero-order valence-electron chi connectivity index (χ0n) is 22.8. The summed E-state index contributed by atoms with van der Waals surface area (Å²) < 4.78 is 2.36. The van der Waals surface area contributed by atoms with Gasteiger partial charge in [-0.05, 0) is 75.9 Å². The Morgan fingerprint density at radius 1 is 0.861 bits per heavy atom. The second-order valence-electron chi connectivity index (χ2n) is 12.2. The predicted molar refractivity (Wildman–Crippen MR) is 156 cm³/mol. The average Bonchev–Trinajstić information content (AvgIpc) is 2.80. The third-order valence-corrected chi connectivity index (χ3v) is 8.99. The number of aromatic nitrogens is 1. The maximum Gasteiger partial charge on any atom is 0.222 e. The highest BCUT2D eigenvalue weighted by atomic mass is 32.2. The molecule has 0 N–H and O–H groups in total. The Kier molecular flexibility index (Phi) is 5.29. The highest BCUT2D eigenvalue weighted by Crippen LogP contribution is 2.54. The molecule has 4 aromatic carbocycles. The number of aryl methyl sites for hydroxylation is 3. The Bertz CT molecular complexity index is 1720. The van der Waals surface area contributed by atoms with Crippen molar-refractivity contribution in [2.24, 2.45) is 13.0 Å². The number of benzene rings is 4. The van der Waals surface area contributed by atoms with Crippen molar-refractivity contribution in [2.45, 2.75) is 70.1 Å². The van der Waals surface area contributed by atoms with Gasteiger partial charge < -0.3 is 0 Å². The molecule has 0 bridgehead atoms. The quantitative estimate of drug-likeness (QED) is 0.173. The van der Waals surface area contributed by atoms with Gasteiger partial charge in [0.05, 0.1) is 10.9 Å². The lowest BCUT2D eigenvalue weighted by Gasteiger charge is -2.31. The third kappa shape index (κ3) is 3.41. The molecular weight excluding hydrogens is 454 g/mol. The zero-order valence-corrected chi connectivity index (χ0v) is 23.7. The van der Waals surface area contributed by atoms with Crippen LogP contribution in [-0.2, 0) is 18.9 Å². The second kappa shape index (κ2) is 8.08. The fraction of sp³-hybridized carbons (Fsp3) is 0.324. The van der Waals surface area contributed by atoms with Gasteiger partial charge in [0.1, 0.15) is 7.05 Å². The molecule has 2 heterocycles. The minimum atomic E-state index is 0.0297. The molecule has 0 amide bonds. The van der Waals surface area contributed by atoms with E-state index in [1.807, 2.05) is 11.8 Å². The molecule has 2 heteroatoms. The number of hydrogen-bond acceptors (Lipinski definition) is 1. The van der Waals surface area contributed by atoms with E-state index in [-0.39, 0.29) is 5.41 Å². The first kappa shape index (κ1) is 23.6. The van der Waals surface area contributed by atoms with E-state index in [0.717, 1.165) is 6.42 Å². The molecule has 1 aliphatic rings. The summed E-state index contributed by atoms with van der Waals surface area (Å²) in [5.74, 6) is 0.630. The van der Waals surface area contributed by atoms with Gasteiger partial charge in [0, 0.05) is 21.2 Å². The summed E-state index contributed by atoms with van der Waals surface area (Å²) in [6.07, 6.45) is 3.37. The van der Waals surface area contributed by atoms with Gasteiger partial charge in [-0.2, -0.15) is 0 Å². The van der Waals surface area contributed by atoms with Gasteiger partial charge in [0.15, 0.2) is 6.20 Å². The van der Waals surface area contributed by atoms with Crippen LogP contribution in [0.15, 0.2) is 64.5 Å². The Balaban J connectivity index is 1.82. The molecule has 0 aliphatic carbocycles. The van der Waals surface area contributed by atoms with Crippen molar-refractivity contribution in [1.29, 1.82) is 0 Å². The number of nitrogens with zero attached hydrogens (tertiary/aromatic N) is 1. The summed E-state index contributed by atoms with van der Waals surface area (Å²) in [6, 6.07) is 18.7. The molecule has 6 rings (SSSR count). The number of rotatable bonds is 2. The van der Waals surface area contributed by atoms with Crippen LogP contribution < -0.4 is 4.57 Å². The van der Waals surface area contributed by atoms with Crippen LogP contribution in [-0.4, -0.2) is 0 Å². The third-order valence-electron chi connectivity index (χ3n) is 7.84. The molecule has 5 aromatic rings. The Morgan fingerprint density at radius 3 is 2.36 bits per heavy atom.